The summed E-state index contributed by atoms with van der Waals surface area (Å²) in [5.41, 5.74) is -1.34. The third-order valence-electron chi connectivity index (χ3n) is 2.85. The average Bonchev–Trinajstić information content (AvgIpc) is 2.30. The summed E-state index contributed by atoms with van der Waals surface area (Å²) in [7, 11) is 1.52. The van der Waals surface area contributed by atoms with Gasteiger partial charge in [0, 0.05) is 13.5 Å². The smallest absolute Gasteiger partial charge is 0.491 e. The average molecular weight is 279 g/mol. The van der Waals surface area contributed by atoms with Gasteiger partial charge in [-0.25, -0.2) is 4.39 Å². The molecule has 1 rings (SSSR count). The largest absolute Gasteiger partial charge is 0.509 e. The molecule has 0 unspecified atom stereocenters. The van der Waals surface area contributed by atoms with Gasteiger partial charge in [0.15, 0.2) is 11.6 Å². The van der Waals surface area contributed by atoms with Crippen LogP contribution in [0, 0.1) is 5.82 Å². The molecule has 1 aromatic rings. The van der Waals surface area contributed by atoms with Crippen LogP contribution in [0.1, 0.15) is 20.3 Å². The van der Waals surface area contributed by atoms with Crippen LogP contribution in [0.2, 0.25) is 0 Å². The van der Waals surface area contributed by atoms with Crippen molar-refractivity contribution >= 4 is 12.4 Å². The van der Waals surface area contributed by atoms with Gasteiger partial charge in [0.25, 0.3) is 0 Å². The van der Waals surface area contributed by atoms with Crippen molar-refractivity contribution in [3.63, 3.8) is 0 Å². The van der Waals surface area contributed by atoms with Crippen molar-refractivity contribution < 1.29 is 26.8 Å². The lowest BCUT2D eigenvalue weighted by Crippen LogP contribution is -2.34. The molecule has 0 aliphatic carbocycles. The maximum absolute atomic E-state index is 13.3. The van der Waals surface area contributed by atoms with E-state index in [4.69, 9.17) is 9.47 Å². The van der Waals surface area contributed by atoms with Gasteiger partial charge in [-0.15, -0.1) is 5.46 Å². The summed E-state index contributed by atoms with van der Waals surface area (Å²) in [5.74, 6) is -1.19. The zero-order chi connectivity index (χ0) is 14.7. The molecule has 0 heterocycles. The first kappa shape index (κ1) is 15.8. The molecule has 0 saturated heterocycles. The second kappa shape index (κ2) is 5.82. The molecule has 0 atom stereocenters. The van der Waals surface area contributed by atoms with E-state index in [2.05, 4.69) is 0 Å². The van der Waals surface area contributed by atoms with E-state index in [1.807, 2.05) is 13.8 Å². The first-order valence-electron chi connectivity index (χ1n) is 5.83. The fourth-order valence-corrected chi connectivity index (χ4v) is 1.34. The zero-order valence-electron chi connectivity index (χ0n) is 11.1. The fraction of sp³-hybridized carbons (Fsp3) is 0.500. The van der Waals surface area contributed by atoms with Crippen LogP contribution in [0.3, 0.4) is 0 Å². The fourth-order valence-electron chi connectivity index (χ4n) is 1.34. The molecule has 0 amide bonds. The summed E-state index contributed by atoms with van der Waals surface area (Å²) >= 11 is 0. The minimum Gasteiger partial charge on any atom is -0.491 e. The predicted octanol–water partition coefficient (Wildman–Crippen LogP) is 3.07. The Balaban J connectivity index is 2.73. The Morgan fingerprint density at radius 2 is 1.84 bits per heavy atom. The highest BCUT2D eigenvalue weighted by Crippen LogP contribution is 2.20. The van der Waals surface area contributed by atoms with Crippen molar-refractivity contribution in [1.82, 2.24) is 0 Å². The van der Waals surface area contributed by atoms with Gasteiger partial charge in [-0.2, -0.15) is 0 Å². The van der Waals surface area contributed by atoms with Gasteiger partial charge in [0.1, 0.15) is 0 Å². The van der Waals surface area contributed by atoms with E-state index in [9.17, 15) is 17.3 Å². The van der Waals surface area contributed by atoms with Gasteiger partial charge in [-0.05, 0) is 26.0 Å². The molecule has 19 heavy (non-hydrogen) atoms. The van der Waals surface area contributed by atoms with E-state index in [-0.39, 0.29) is 12.4 Å². The van der Waals surface area contributed by atoms with Gasteiger partial charge in [0.05, 0.1) is 12.2 Å². The molecule has 0 aliphatic heterocycles. The molecule has 0 saturated carbocycles. The summed E-state index contributed by atoms with van der Waals surface area (Å²) in [6, 6.07) is 2.16. The number of halogens is 4. The Labute approximate surface area is 109 Å². The van der Waals surface area contributed by atoms with Crippen LogP contribution in [0.4, 0.5) is 17.3 Å². The van der Waals surface area contributed by atoms with Crippen molar-refractivity contribution in [3.05, 3.63) is 24.0 Å². The monoisotopic (exact) mass is 279 g/mol. The summed E-state index contributed by atoms with van der Waals surface area (Å²) in [4.78, 5) is 0. The van der Waals surface area contributed by atoms with Gasteiger partial charge < -0.3 is 22.4 Å². The van der Waals surface area contributed by atoms with Crippen molar-refractivity contribution in [2.24, 2.45) is 0 Å². The van der Waals surface area contributed by atoms with Crippen LogP contribution >= 0.6 is 0 Å². The van der Waals surface area contributed by atoms with Crippen molar-refractivity contribution in [2.75, 3.05) is 13.7 Å². The lowest BCUT2D eigenvalue weighted by Gasteiger charge is -2.23. The van der Waals surface area contributed by atoms with Gasteiger partial charge in [-0.1, -0.05) is 6.07 Å². The molecule has 0 fully saturated rings. The minimum atomic E-state index is -5.16. The maximum atomic E-state index is 13.3. The summed E-state index contributed by atoms with van der Waals surface area (Å²) in [5, 5.41) is 0. The molecule has 0 aliphatic rings. The molecular formula is C12H16BF4O2-. The standard InChI is InChI=1S/C12H16BF4O2/c1-12(2,18-3)6-7-19-11-8-9(13(15,16)17)4-5-10(11)14/h4-5,8H,6-7H2,1-3H3/q-1. The molecule has 108 valence electrons. The molecule has 0 spiro atoms. The Hall–Kier alpha value is -1.24. The first-order valence-corrected chi connectivity index (χ1v) is 5.83. The molecule has 0 bridgehead atoms. The van der Waals surface area contributed by atoms with E-state index in [1.165, 1.54) is 7.11 Å². The lowest BCUT2D eigenvalue weighted by atomic mass is 9.80. The SMILES string of the molecule is COC(C)(C)CCOc1cc([B-](F)(F)F)ccc1F. The second-order valence-electron chi connectivity index (χ2n) is 4.83. The van der Waals surface area contributed by atoms with E-state index >= 15 is 0 Å². The van der Waals surface area contributed by atoms with E-state index in [1.54, 1.807) is 0 Å². The second-order valence-corrected chi connectivity index (χ2v) is 4.83. The number of hydrogen-bond acceptors (Lipinski definition) is 2. The molecule has 7 heteroatoms. The first-order chi connectivity index (χ1) is 8.65. The van der Waals surface area contributed by atoms with E-state index in [0.29, 0.717) is 18.6 Å². The Kier molecular flexibility index (Phi) is 4.84. The molecule has 0 aromatic heterocycles. The number of benzene rings is 1. The van der Waals surface area contributed by atoms with Crippen LogP contribution in [0.25, 0.3) is 0 Å². The number of methoxy groups -OCH3 is 1. The van der Waals surface area contributed by atoms with Crippen LogP contribution in [0.5, 0.6) is 5.75 Å². The minimum absolute atomic E-state index is 0.0755. The summed E-state index contributed by atoms with van der Waals surface area (Å²) in [6.45, 7) is -1.47. The quantitative estimate of drug-likeness (QED) is 0.588. The number of hydrogen-bond donors (Lipinski definition) is 0. The predicted molar refractivity (Wildman–Crippen MR) is 66.3 cm³/mol. The lowest BCUT2D eigenvalue weighted by molar-refractivity contribution is 0.00514. The topological polar surface area (TPSA) is 18.5 Å². The molecule has 1 aromatic carbocycles. The van der Waals surface area contributed by atoms with Crippen LogP contribution in [-0.2, 0) is 4.74 Å². The molecule has 0 radical (unpaired) electrons. The summed E-state index contributed by atoms with van der Waals surface area (Å²) in [6.07, 6.45) is 0.435. The zero-order valence-corrected chi connectivity index (χ0v) is 11.1. The van der Waals surface area contributed by atoms with E-state index < -0.39 is 23.9 Å². The Morgan fingerprint density at radius 3 is 2.37 bits per heavy atom. The van der Waals surface area contributed by atoms with Crippen molar-refractivity contribution in [1.29, 1.82) is 0 Å². The molecule has 0 N–H and O–H groups in total. The highest BCUT2D eigenvalue weighted by molar-refractivity contribution is 6.73. The Bertz CT molecular complexity index is 432. The molecular weight excluding hydrogens is 263 g/mol. The van der Waals surface area contributed by atoms with Gasteiger partial charge >= 0.3 is 6.98 Å². The number of ether oxygens (including phenoxy) is 2. The molecule has 2 nitrogen and oxygen atoms in total. The van der Waals surface area contributed by atoms with Crippen LogP contribution < -0.4 is 10.2 Å². The van der Waals surface area contributed by atoms with Crippen molar-refractivity contribution in [3.8, 4) is 5.75 Å². The third kappa shape index (κ3) is 4.74. The van der Waals surface area contributed by atoms with Crippen LogP contribution in [0.15, 0.2) is 18.2 Å². The highest BCUT2D eigenvalue weighted by atomic mass is 19.4. The maximum Gasteiger partial charge on any atom is 0.509 e. The van der Waals surface area contributed by atoms with E-state index in [0.717, 1.165) is 6.07 Å². The van der Waals surface area contributed by atoms with Gasteiger partial charge in [-0.3, -0.25) is 0 Å². The van der Waals surface area contributed by atoms with Crippen LogP contribution in [-0.4, -0.2) is 26.3 Å². The normalized spacial score (nSPS) is 12.6. The Morgan fingerprint density at radius 1 is 1.21 bits per heavy atom. The summed E-state index contributed by atoms with van der Waals surface area (Å²) < 4.78 is 61.1. The van der Waals surface area contributed by atoms with Gasteiger partial charge in [0.2, 0.25) is 0 Å². The number of rotatable bonds is 6. The third-order valence-corrected chi connectivity index (χ3v) is 2.85. The van der Waals surface area contributed by atoms with Crippen molar-refractivity contribution in [2.45, 2.75) is 25.9 Å². The highest BCUT2D eigenvalue weighted by Gasteiger charge is 2.26.